The van der Waals surface area contributed by atoms with Crippen LogP contribution in [-0.4, -0.2) is 23.3 Å². The van der Waals surface area contributed by atoms with Crippen LogP contribution in [0.4, 0.5) is 10.1 Å². The molecule has 0 aliphatic rings. The predicted octanol–water partition coefficient (Wildman–Crippen LogP) is 3.88. The van der Waals surface area contributed by atoms with Gasteiger partial charge in [0.05, 0.1) is 6.54 Å². The van der Waals surface area contributed by atoms with Gasteiger partial charge in [-0.05, 0) is 42.3 Å². The van der Waals surface area contributed by atoms with Gasteiger partial charge in [0.2, 0.25) is 5.91 Å². The minimum Gasteiger partial charge on any atom is -0.342 e. The summed E-state index contributed by atoms with van der Waals surface area (Å²) >= 11 is 1.28. The zero-order valence-corrected chi connectivity index (χ0v) is 15.5. The molecule has 0 saturated carbocycles. The molecule has 0 spiro atoms. The van der Waals surface area contributed by atoms with Gasteiger partial charge in [-0.3, -0.25) is 9.59 Å². The number of halogens is 1. The van der Waals surface area contributed by atoms with E-state index in [1.807, 2.05) is 31.2 Å². The van der Waals surface area contributed by atoms with Crippen LogP contribution in [0.2, 0.25) is 0 Å². The first-order chi connectivity index (χ1) is 13.1. The van der Waals surface area contributed by atoms with Crippen LogP contribution in [-0.2, 0) is 11.2 Å². The maximum atomic E-state index is 13.0. The third-order valence-electron chi connectivity index (χ3n) is 3.91. The van der Waals surface area contributed by atoms with Gasteiger partial charge < -0.3 is 10.6 Å². The molecule has 0 fully saturated rings. The highest BCUT2D eigenvalue weighted by Crippen LogP contribution is 2.23. The number of nitrogens with one attached hydrogen (secondary N) is 2. The number of anilines is 1. The molecular weight excluding hydrogens is 365 g/mol. The fourth-order valence-corrected chi connectivity index (χ4v) is 3.31. The van der Waals surface area contributed by atoms with E-state index < -0.39 is 5.91 Å². The van der Waals surface area contributed by atoms with Crippen LogP contribution in [0.15, 0.2) is 53.9 Å². The van der Waals surface area contributed by atoms with Crippen LogP contribution in [0.3, 0.4) is 0 Å². The number of nitrogens with zero attached hydrogens (tertiary/aromatic N) is 1. The number of carbonyl (C=O) groups is 2. The summed E-state index contributed by atoms with van der Waals surface area (Å²) < 4.78 is 13.0. The van der Waals surface area contributed by atoms with Gasteiger partial charge in [0, 0.05) is 16.6 Å². The lowest BCUT2D eigenvalue weighted by Gasteiger charge is -2.09. The number of thiazole rings is 1. The van der Waals surface area contributed by atoms with Gasteiger partial charge in [0.1, 0.15) is 16.5 Å². The molecule has 3 rings (SSSR count). The summed E-state index contributed by atoms with van der Waals surface area (Å²) in [6.07, 6.45) is 0.799. The normalized spacial score (nSPS) is 10.4. The molecule has 0 saturated heterocycles. The lowest BCUT2D eigenvalue weighted by molar-refractivity contribution is -0.115. The fourth-order valence-electron chi connectivity index (χ4n) is 2.50. The van der Waals surface area contributed by atoms with Crippen molar-refractivity contribution in [2.24, 2.45) is 0 Å². The Balaban J connectivity index is 1.58. The minimum atomic E-state index is -0.432. The number of amides is 2. The number of aromatic nitrogens is 1. The second-order valence-corrected chi connectivity index (χ2v) is 6.64. The number of aryl methyl sites for hydroxylation is 1. The van der Waals surface area contributed by atoms with Gasteiger partial charge in [0.15, 0.2) is 0 Å². The maximum Gasteiger partial charge on any atom is 0.271 e. The number of carbonyl (C=O) groups excluding carboxylic acids is 2. The van der Waals surface area contributed by atoms with Crippen LogP contribution in [0.25, 0.3) is 10.6 Å². The van der Waals surface area contributed by atoms with E-state index in [0.717, 1.165) is 23.2 Å². The van der Waals surface area contributed by atoms with Crippen molar-refractivity contribution in [1.29, 1.82) is 0 Å². The molecule has 0 atom stereocenters. The quantitative estimate of drug-likeness (QED) is 0.679. The first kappa shape index (κ1) is 18.7. The monoisotopic (exact) mass is 383 g/mol. The van der Waals surface area contributed by atoms with Crippen molar-refractivity contribution in [2.75, 3.05) is 11.9 Å². The Morgan fingerprint density at radius 2 is 1.85 bits per heavy atom. The second-order valence-electron chi connectivity index (χ2n) is 5.79. The number of hydrogen-bond donors (Lipinski definition) is 2. The zero-order chi connectivity index (χ0) is 19.2. The Bertz CT molecular complexity index is 954. The van der Waals surface area contributed by atoms with Crippen LogP contribution in [0.5, 0.6) is 0 Å². The Morgan fingerprint density at radius 1 is 1.11 bits per heavy atom. The van der Waals surface area contributed by atoms with Gasteiger partial charge in [-0.2, -0.15) is 0 Å². The molecule has 0 bridgehead atoms. The summed E-state index contributed by atoms with van der Waals surface area (Å²) in [5, 5.41) is 7.58. The largest absolute Gasteiger partial charge is 0.342 e. The zero-order valence-electron chi connectivity index (χ0n) is 14.7. The third kappa shape index (κ3) is 4.77. The van der Waals surface area contributed by atoms with E-state index in [-0.39, 0.29) is 24.0 Å². The Labute approximate surface area is 160 Å². The Kier molecular flexibility index (Phi) is 5.93. The van der Waals surface area contributed by atoms with E-state index >= 15 is 0 Å². The van der Waals surface area contributed by atoms with Gasteiger partial charge in [0.25, 0.3) is 5.91 Å². The molecule has 1 aromatic heterocycles. The van der Waals surface area contributed by atoms with Gasteiger partial charge >= 0.3 is 0 Å². The first-order valence-electron chi connectivity index (χ1n) is 8.44. The van der Waals surface area contributed by atoms with E-state index in [9.17, 15) is 14.0 Å². The molecule has 138 valence electrons. The van der Waals surface area contributed by atoms with E-state index in [4.69, 9.17) is 0 Å². The van der Waals surface area contributed by atoms with Crippen molar-refractivity contribution >= 4 is 28.8 Å². The molecule has 0 aliphatic heterocycles. The van der Waals surface area contributed by atoms with E-state index in [1.54, 1.807) is 17.5 Å². The van der Waals surface area contributed by atoms with E-state index in [0.29, 0.717) is 5.01 Å². The molecule has 0 unspecified atom stereocenters. The summed E-state index contributed by atoms with van der Waals surface area (Å²) in [5.74, 6) is -1.07. The highest BCUT2D eigenvalue weighted by Gasteiger charge is 2.13. The van der Waals surface area contributed by atoms with Gasteiger partial charge in [-0.15, -0.1) is 11.3 Å². The van der Waals surface area contributed by atoms with E-state index in [1.165, 1.54) is 23.5 Å². The topological polar surface area (TPSA) is 71.1 Å². The Hall–Kier alpha value is -3.06. The fraction of sp³-hybridized carbons (Fsp3) is 0.150. The molecule has 2 amide bonds. The number of hydrogen-bond acceptors (Lipinski definition) is 4. The number of benzene rings is 2. The van der Waals surface area contributed by atoms with Crippen molar-refractivity contribution in [1.82, 2.24) is 10.3 Å². The molecule has 5 nitrogen and oxygen atoms in total. The van der Waals surface area contributed by atoms with Crippen LogP contribution in [0, 0.1) is 5.82 Å². The van der Waals surface area contributed by atoms with Gasteiger partial charge in [-0.25, -0.2) is 9.37 Å². The minimum absolute atomic E-state index is 0.152. The summed E-state index contributed by atoms with van der Waals surface area (Å²) in [4.78, 5) is 28.6. The lowest BCUT2D eigenvalue weighted by Crippen LogP contribution is -2.33. The lowest BCUT2D eigenvalue weighted by atomic mass is 10.1. The van der Waals surface area contributed by atoms with Gasteiger partial charge in [-0.1, -0.05) is 25.1 Å². The van der Waals surface area contributed by atoms with E-state index in [2.05, 4.69) is 15.6 Å². The van der Waals surface area contributed by atoms with Crippen LogP contribution < -0.4 is 10.6 Å². The summed E-state index contributed by atoms with van der Waals surface area (Å²) in [6, 6.07) is 13.4. The van der Waals surface area contributed by atoms with Crippen molar-refractivity contribution in [3.05, 3.63) is 71.0 Å². The molecule has 3 aromatic rings. The first-order valence-corrected chi connectivity index (χ1v) is 9.32. The van der Waals surface area contributed by atoms with Crippen LogP contribution >= 0.6 is 11.3 Å². The molecule has 7 heteroatoms. The van der Waals surface area contributed by atoms with Crippen molar-refractivity contribution in [3.63, 3.8) is 0 Å². The molecule has 2 N–H and O–H groups in total. The third-order valence-corrected chi connectivity index (χ3v) is 4.80. The summed E-state index contributed by atoms with van der Waals surface area (Å²) in [7, 11) is 0. The highest BCUT2D eigenvalue weighted by molar-refractivity contribution is 7.13. The number of para-hydroxylation sites is 1. The SMILES string of the molecule is CCc1ccccc1NC(=O)CNC(=O)c1csc(-c2ccc(F)cc2)n1. The average Bonchev–Trinajstić information content (AvgIpc) is 3.17. The molecule has 27 heavy (non-hydrogen) atoms. The average molecular weight is 383 g/mol. The summed E-state index contributed by atoms with van der Waals surface area (Å²) in [5.41, 5.74) is 2.72. The number of rotatable bonds is 6. The predicted molar refractivity (Wildman–Crippen MR) is 104 cm³/mol. The second kappa shape index (κ2) is 8.55. The Morgan fingerprint density at radius 3 is 2.59 bits per heavy atom. The van der Waals surface area contributed by atoms with Crippen molar-refractivity contribution in [2.45, 2.75) is 13.3 Å². The highest BCUT2D eigenvalue weighted by atomic mass is 32.1. The van der Waals surface area contributed by atoms with Crippen molar-refractivity contribution < 1.29 is 14.0 Å². The molecule has 0 aliphatic carbocycles. The molecular formula is C20H18FN3O2S. The van der Waals surface area contributed by atoms with Crippen LogP contribution in [0.1, 0.15) is 23.0 Å². The van der Waals surface area contributed by atoms with Crippen molar-refractivity contribution in [3.8, 4) is 10.6 Å². The molecule has 0 radical (unpaired) electrons. The molecule has 2 aromatic carbocycles. The smallest absolute Gasteiger partial charge is 0.271 e. The molecule has 1 heterocycles. The summed E-state index contributed by atoms with van der Waals surface area (Å²) in [6.45, 7) is 1.86. The standard InChI is InChI=1S/C20H18FN3O2S/c1-2-13-5-3-4-6-16(13)23-18(25)11-22-19(26)17-12-27-20(24-17)14-7-9-15(21)10-8-14/h3-10,12H,2,11H2,1H3,(H,22,26)(H,23,25). The maximum absolute atomic E-state index is 13.0.